The van der Waals surface area contributed by atoms with Gasteiger partial charge in [0, 0.05) is 30.5 Å². The van der Waals surface area contributed by atoms with E-state index in [1.807, 2.05) is 48.7 Å². The summed E-state index contributed by atoms with van der Waals surface area (Å²) in [4.78, 5) is 11.7. The van der Waals surface area contributed by atoms with Crippen molar-refractivity contribution in [3.8, 4) is 0 Å². The standard InChI is InChI=1S/C21H20N2O3S/c1-16(24)17-9-11-19(12-10-17)27(25,26)23-15-14-22-13-5-8-20(22)21(23)18-6-3-2-4-7-18/h2-13,21H,14-15H2,1H3. The number of rotatable bonds is 4. The van der Waals surface area contributed by atoms with E-state index in [0.29, 0.717) is 18.7 Å². The highest BCUT2D eigenvalue weighted by molar-refractivity contribution is 7.89. The van der Waals surface area contributed by atoms with Crippen molar-refractivity contribution in [1.82, 2.24) is 8.87 Å². The molecule has 0 radical (unpaired) electrons. The van der Waals surface area contributed by atoms with Crippen LogP contribution in [0.25, 0.3) is 0 Å². The Labute approximate surface area is 158 Å². The average molecular weight is 380 g/mol. The van der Waals surface area contributed by atoms with Crippen molar-refractivity contribution in [2.45, 2.75) is 24.4 Å². The number of hydrogen-bond donors (Lipinski definition) is 0. The lowest BCUT2D eigenvalue weighted by atomic mass is 10.0. The molecule has 0 amide bonds. The number of nitrogens with zero attached hydrogens (tertiary/aromatic N) is 2. The second-order valence-electron chi connectivity index (χ2n) is 6.64. The van der Waals surface area contributed by atoms with Crippen LogP contribution in [0.2, 0.25) is 0 Å². The van der Waals surface area contributed by atoms with Crippen molar-refractivity contribution in [2.75, 3.05) is 6.54 Å². The summed E-state index contributed by atoms with van der Waals surface area (Å²) in [5.74, 6) is -0.0862. The third-order valence-electron chi connectivity index (χ3n) is 4.98. The molecule has 4 rings (SSSR count). The maximum atomic E-state index is 13.4. The molecule has 2 heterocycles. The predicted octanol–water partition coefficient (Wildman–Crippen LogP) is 3.48. The van der Waals surface area contributed by atoms with Gasteiger partial charge >= 0.3 is 0 Å². The van der Waals surface area contributed by atoms with Gasteiger partial charge in [-0.3, -0.25) is 4.79 Å². The third-order valence-corrected chi connectivity index (χ3v) is 6.86. The van der Waals surface area contributed by atoms with Crippen molar-refractivity contribution in [1.29, 1.82) is 0 Å². The molecule has 1 atom stereocenters. The van der Waals surface area contributed by atoms with Crippen molar-refractivity contribution < 1.29 is 13.2 Å². The maximum Gasteiger partial charge on any atom is 0.244 e. The first-order valence-electron chi connectivity index (χ1n) is 8.81. The summed E-state index contributed by atoms with van der Waals surface area (Å²) >= 11 is 0. The molecular formula is C21H20N2O3S. The van der Waals surface area contributed by atoms with Crippen LogP contribution in [0, 0.1) is 0 Å². The fourth-order valence-electron chi connectivity index (χ4n) is 3.59. The molecule has 138 valence electrons. The summed E-state index contributed by atoms with van der Waals surface area (Å²) in [6, 6.07) is 19.4. The Morgan fingerprint density at radius 1 is 0.926 bits per heavy atom. The van der Waals surface area contributed by atoms with Crippen LogP contribution < -0.4 is 0 Å². The third kappa shape index (κ3) is 3.11. The molecule has 0 aliphatic carbocycles. The summed E-state index contributed by atoms with van der Waals surface area (Å²) in [5, 5.41) is 0. The van der Waals surface area contributed by atoms with Gasteiger partial charge in [-0.25, -0.2) is 8.42 Å². The van der Waals surface area contributed by atoms with Crippen LogP contribution in [0.1, 0.15) is 34.6 Å². The number of carbonyl (C=O) groups excluding carboxylic acids is 1. The molecule has 6 heteroatoms. The largest absolute Gasteiger partial charge is 0.348 e. The van der Waals surface area contributed by atoms with Crippen molar-refractivity contribution in [3.63, 3.8) is 0 Å². The van der Waals surface area contributed by atoms with Crippen molar-refractivity contribution in [3.05, 3.63) is 89.7 Å². The second kappa shape index (κ2) is 6.79. The highest BCUT2D eigenvalue weighted by Gasteiger charge is 2.37. The Morgan fingerprint density at radius 2 is 1.63 bits per heavy atom. The molecule has 0 spiro atoms. The molecule has 0 N–H and O–H groups in total. The first kappa shape index (κ1) is 17.7. The number of fused-ring (bicyclic) bond motifs is 1. The molecule has 0 bridgehead atoms. The number of Topliss-reactive ketones (excluding diaryl/α,β-unsaturated/α-hetero) is 1. The highest BCUT2D eigenvalue weighted by Crippen LogP contribution is 2.36. The Bertz CT molecular complexity index is 1070. The Kier molecular flexibility index (Phi) is 4.45. The molecular weight excluding hydrogens is 360 g/mol. The van der Waals surface area contributed by atoms with E-state index in [1.54, 1.807) is 16.4 Å². The monoisotopic (exact) mass is 380 g/mol. The van der Waals surface area contributed by atoms with Gasteiger partial charge in [0.15, 0.2) is 5.78 Å². The Hall–Kier alpha value is -2.70. The van der Waals surface area contributed by atoms with E-state index < -0.39 is 10.0 Å². The summed E-state index contributed by atoms with van der Waals surface area (Å²) in [5.41, 5.74) is 2.39. The van der Waals surface area contributed by atoms with Gasteiger partial charge in [0.25, 0.3) is 0 Å². The van der Waals surface area contributed by atoms with Gasteiger partial charge in [-0.05, 0) is 36.8 Å². The van der Waals surface area contributed by atoms with E-state index in [9.17, 15) is 13.2 Å². The van der Waals surface area contributed by atoms with Crippen molar-refractivity contribution >= 4 is 15.8 Å². The lowest BCUT2D eigenvalue weighted by Crippen LogP contribution is -2.42. The smallest absolute Gasteiger partial charge is 0.244 e. The fourth-order valence-corrected chi connectivity index (χ4v) is 5.17. The molecule has 3 aromatic rings. The molecule has 1 aromatic heterocycles. The summed E-state index contributed by atoms with van der Waals surface area (Å²) in [6.45, 7) is 2.46. The number of benzene rings is 2. The van der Waals surface area contributed by atoms with Gasteiger partial charge in [-0.15, -0.1) is 0 Å². The van der Waals surface area contributed by atoms with E-state index in [0.717, 1.165) is 11.3 Å². The molecule has 5 nitrogen and oxygen atoms in total. The molecule has 0 saturated heterocycles. The lowest BCUT2D eigenvalue weighted by Gasteiger charge is -2.36. The minimum Gasteiger partial charge on any atom is -0.348 e. The molecule has 0 saturated carbocycles. The van der Waals surface area contributed by atoms with Gasteiger partial charge in [0.2, 0.25) is 10.0 Å². The highest BCUT2D eigenvalue weighted by atomic mass is 32.2. The first-order chi connectivity index (χ1) is 13.0. The number of hydrogen-bond acceptors (Lipinski definition) is 3. The van der Waals surface area contributed by atoms with Crippen LogP contribution in [-0.4, -0.2) is 29.6 Å². The SMILES string of the molecule is CC(=O)c1ccc(S(=O)(=O)N2CCn3cccc3C2c2ccccc2)cc1. The number of ketones is 1. The number of carbonyl (C=O) groups is 1. The molecule has 1 unspecified atom stereocenters. The molecule has 0 fully saturated rings. The minimum atomic E-state index is -3.71. The molecule has 1 aliphatic rings. The number of sulfonamides is 1. The van der Waals surface area contributed by atoms with Gasteiger partial charge < -0.3 is 4.57 Å². The zero-order valence-electron chi connectivity index (χ0n) is 14.9. The van der Waals surface area contributed by atoms with E-state index >= 15 is 0 Å². The van der Waals surface area contributed by atoms with Gasteiger partial charge in [0.1, 0.15) is 0 Å². The van der Waals surface area contributed by atoms with Gasteiger partial charge in [-0.2, -0.15) is 4.31 Å². The molecule has 27 heavy (non-hydrogen) atoms. The summed E-state index contributed by atoms with van der Waals surface area (Å²) < 4.78 is 30.5. The van der Waals surface area contributed by atoms with E-state index in [4.69, 9.17) is 0 Å². The van der Waals surface area contributed by atoms with Crippen molar-refractivity contribution in [2.24, 2.45) is 0 Å². The zero-order chi connectivity index (χ0) is 19.0. The first-order valence-corrected chi connectivity index (χ1v) is 10.3. The Morgan fingerprint density at radius 3 is 2.30 bits per heavy atom. The van der Waals surface area contributed by atoms with Crippen LogP contribution in [0.4, 0.5) is 0 Å². The van der Waals surface area contributed by atoms with Crippen LogP contribution in [0.3, 0.4) is 0 Å². The van der Waals surface area contributed by atoms with Crippen LogP contribution in [0.5, 0.6) is 0 Å². The van der Waals surface area contributed by atoms with E-state index in [2.05, 4.69) is 4.57 Å². The normalized spacial score (nSPS) is 17.4. The predicted molar refractivity (Wildman–Crippen MR) is 103 cm³/mol. The molecule has 2 aromatic carbocycles. The summed E-state index contributed by atoms with van der Waals surface area (Å²) in [7, 11) is -3.71. The quantitative estimate of drug-likeness (QED) is 0.651. The topological polar surface area (TPSA) is 59.4 Å². The maximum absolute atomic E-state index is 13.4. The summed E-state index contributed by atoms with van der Waals surface area (Å²) in [6.07, 6.45) is 1.98. The average Bonchev–Trinajstić information content (AvgIpc) is 3.16. The van der Waals surface area contributed by atoms with Crippen LogP contribution in [-0.2, 0) is 16.6 Å². The number of aromatic nitrogens is 1. The van der Waals surface area contributed by atoms with Crippen LogP contribution >= 0.6 is 0 Å². The lowest BCUT2D eigenvalue weighted by molar-refractivity contribution is 0.101. The van der Waals surface area contributed by atoms with Gasteiger partial charge in [-0.1, -0.05) is 42.5 Å². The minimum absolute atomic E-state index is 0.0862. The van der Waals surface area contributed by atoms with Gasteiger partial charge in [0.05, 0.1) is 10.9 Å². The zero-order valence-corrected chi connectivity index (χ0v) is 15.8. The fraction of sp³-hybridized carbons (Fsp3) is 0.190. The second-order valence-corrected chi connectivity index (χ2v) is 8.53. The molecule has 1 aliphatic heterocycles. The Balaban J connectivity index is 1.80. The van der Waals surface area contributed by atoms with Crippen LogP contribution in [0.15, 0.2) is 77.8 Å². The van der Waals surface area contributed by atoms with E-state index in [1.165, 1.54) is 19.1 Å². The van der Waals surface area contributed by atoms with E-state index in [-0.39, 0.29) is 16.7 Å².